The van der Waals surface area contributed by atoms with Gasteiger partial charge in [0.25, 0.3) is 0 Å². The molecule has 0 aliphatic rings. The second kappa shape index (κ2) is 43.0. The topological polar surface area (TPSA) is 55.8 Å². The van der Waals surface area contributed by atoms with Crippen molar-refractivity contribution in [2.75, 3.05) is 19.8 Å². The van der Waals surface area contributed by atoms with E-state index in [-0.39, 0.29) is 25.6 Å². The molecular formula is C47H74O4. The third kappa shape index (κ3) is 41.1. The van der Waals surface area contributed by atoms with Gasteiger partial charge in [-0.2, -0.15) is 0 Å². The highest BCUT2D eigenvalue weighted by Crippen LogP contribution is 2.11. The van der Waals surface area contributed by atoms with Gasteiger partial charge in [-0.05, 0) is 83.5 Å². The molecule has 1 atom stereocenters. The maximum absolute atomic E-state index is 12.1. The van der Waals surface area contributed by atoms with E-state index in [0.717, 1.165) is 77.0 Å². The number of hydrogen-bond donors (Lipinski definition) is 1. The number of rotatable bonds is 35. The Hall–Kier alpha value is -3.21. The fourth-order valence-electron chi connectivity index (χ4n) is 4.90. The summed E-state index contributed by atoms with van der Waals surface area (Å²) in [6.07, 6.45) is 64.2. The molecule has 0 radical (unpaired) electrons. The fraction of sp³-hybridized carbons (Fsp3) is 0.553. The van der Waals surface area contributed by atoms with Crippen LogP contribution in [0.2, 0.25) is 0 Å². The van der Waals surface area contributed by atoms with E-state index >= 15 is 0 Å². The molecule has 0 rings (SSSR count). The summed E-state index contributed by atoms with van der Waals surface area (Å²) in [4.78, 5) is 12.1. The molecule has 0 heterocycles. The van der Waals surface area contributed by atoms with Crippen molar-refractivity contribution in [2.24, 2.45) is 0 Å². The van der Waals surface area contributed by atoms with Crippen molar-refractivity contribution in [1.82, 2.24) is 0 Å². The van der Waals surface area contributed by atoms with Gasteiger partial charge in [0.2, 0.25) is 0 Å². The molecule has 0 aromatic rings. The molecule has 0 saturated heterocycles. The van der Waals surface area contributed by atoms with E-state index in [1.807, 2.05) is 12.2 Å². The summed E-state index contributed by atoms with van der Waals surface area (Å²) < 4.78 is 11.0. The van der Waals surface area contributed by atoms with E-state index in [0.29, 0.717) is 6.61 Å². The van der Waals surface area contributed by atoms with Crippen molar-refractivity contribution in [1.29, 1.82) is 0 Å². The fourth-order valence-corrected chi connectivity index (χ4v) is 4.90. The number of ether oxygens (including phenoxy) is 2. The Bertz CT molecular complexity index is 1050. The van der Waals surface area contributed by atoms with Crippen molar-refractivity contribution in [2.45, 2.75) is 148 Å². The SMILES string of the molecule is CC/C=C\C/C=C\C/C=C\C/C=C\C/C=C\CCCCCCCCCCOCC(CO)OC(=O)C/C=C\C/C=C\C/C=C\C/C=C\C/C=C\CC. The van der Waals surface area contributed by atoms with E-state index in [2.05, 4.69) is 123 Å². The first-order valence-corrected chi connectivity index (χ1v) is 20.1. The summed E-state index contributed by atoms with van der Waals surface area (Å²) in [7, 11) is 0. The highest BCUT2D eigenvalue weighted by molar-refractivity contribution is 5.71. The van der Waals surface area contributed by atoms with Crippen LogP contribution in [0, 0.1) is 0 Å². The highest BCUT2D eigenvalue weighted by Gasteiger charge is 2.12. The molecule has 0 saturated carbocycles. The molecule has 0 aromatic heterocycles. The maximum Gasteiger partial charge on any atom is 0.310 e. The number of aliphatic hydroxyl groups excluding tert-OH is 1. The molecule has 4 nitrogen and oxygen atoms in total. The Morgan fingerprint density at radius 2 is 0.824 bits per heavy atom. The monoisotopic (exact) mass is 703 g/mol. The molecule has 0 spiro atoms. The van der Waals surface area contributed by atoms with E-state index in [4.69, 9.17) is 9.47 Å². The van der Waals surface area contributed by atoms with Crippen molar-refractivity contribution in [3.63, 3.8) is 0 Å². The average Bonchev–Trinajstić information content (AvgIpc) is 3.14. The summed E-state index contributed by atoms with van der Waals surface area (Å²) >= 11 is 0. The number of allylic oxidation sites excluding steroid dienone is 19. The van der Waals surface area contributed by atoms with Crippen LogP contribution >= 0.6 is 0 Å². The number of carbonyl (C=O) groups is 1. The molecule has 286 valence electrons. The molecule has 0 aliphatic carbocycles. The lowest BCUT2D eigenvalue weighted by atomic mass is 10.1. The number of carbonyl (C=O) groups excluding carboxylic acids is 1. The summed E-state index contributed by atoms with van der Waals surface area (Å²) in [6.45, 7) is 4.96. The minimum atomic E-state index is -0.602. The van der Waals surface area contributed by atoms with Gasteiger partial charge in [-0.1, -0.05) is 174 Å². The van der Waals surface area contributed by atoms with E-state index in [1.54, 1.807) is 0 Å². The Labute approximate surface area is 314 Å². The Kier molecular flexibility index (Phi) is 40.3. The van der Waals surface area contributed by atoms with Gasteiger partial charge in [0, 0.05) is 6.61 Å². The third-order valence-corrected chi connectivity index (χ3v) is 7.81. The second-order valence-corrected chi connectivity index (χ2v) is 12.6. The normalized spacial score (nSPS) is 13.7. The Morgan fingerprint density at radius 3 is 1.24 bits per heavy atom. The molecule has 0 amide bonds. The number of hydrogen-bond acceptors (Lipinski definition) is 4. The molecule has 1 N–H and O–H groups in total. The minimum Gasteiger partial charge on any atom is -0.457 e. The largest absolute Gasteiger partial charge is 0.457 e. The van der Waals surface area contributed by atoms with Gasteiger partial charge in [0.15, 0.2) is 0 Å². The van der Waals surface area contributed by atoms with Gasteiger partial charge in [-0.3, -0.25) is 4.79 Å². The molecule has 4 heteroatoms. The molecule has 0 aromatic carbocycles. The van der Waals surface area contributed by atoms with Gasteiger partial charge in [0.1, 0.15) is 6.10 Å². The van der Waals surface area contributed by atoms with Gasteiger partial charge < -0.3 is 14.6 Å². The predicted molar refractivity (Wildman–Crippen MR) is 223 cm³/mol. The summed E-state index contributed by atoms with van der Waals surface area (Å²) in [5, 5.41) is 9.56. The zero-order valence-electron chi connectivity index (χ0n) is 32.6. The van der Waals surface area contributed by atoms with Crippen molar-refractivity contribution in [3.8, 4) is 0 Å². The van der Waals surface area contributed by atoms with Crippen LogP contribution in [-0.4, -0.2) is 37.0 Å². The first-order valence-electron chi connectivity index (χ1n) is 20.1. The number of esters is 1. The van der Waals surface area contributed by atoms with Crippen LogP contribution in [0.5, 0.6) is 0 Å². The minimum absolute atomic E-state index is 0.202. The van der Waals surface area contributed by atoms with Crippen LogP contribution in [0.3, 0.4) is 0 Å². The Morgan fingerprint density at radius 1 is 0.471 bits per heavy atom. The van der Waals surface area contributed by atoms with Gasteiger partial charge in [0.05, 0.1) is 19.6 Å². The van der Waals surface area contributed by atoms with E-state index in [1.165, 1.54) is 44.9 Å². The van der Waals surface area contributed by atoms with Crippen LogP contribution in [-0.2, 0) is 14.3 Å². The molecule has 51 heavy (non-hydrogen) atoms. The molecular weight excluding hydrogens is 629 g/mol. The van der Waals surface area contributed by atoms with Gasteiger partial charge in [-0.25, -0.2) is 0 Å². The number of aliphatic hydroxyl groups is 1. The molecule has 0 bridgehead atoms. The average molecular weight is 703 g/mol. The molecule has 0 aliphatic heterocycles. The zero-order valence-corrected chi connectivity index (χ0v) is 32.6. The van der Waals surface area contributed by atoms with Gasteiger partial charge >= 0.3 is 5.97 Å². The lowest BCUT2D eigenvalue weighted by Gasteiger charge is -2.15. The van der Waals surface area contributed by atoms with Crippen LogP contribution in [0.4, 0.5) is 0 Å². The van der Waals surface area contributed by atoms with Crippen molar-refractivity contribution in [3.05, 3.63) is 122 Å². The second-order valence-electron chi connectivity index (χ2n) is 12.6. The van der Waals surface area contributed by atoms with Crippen LogP contribution in [0.15, 0.2) is 122 Å². The van der Waals surface area contributed by atoms with Crippen molar-refractivity contribution >= 4 is 5.97 Å². The van der Waals surface area contributed by atoms with Gasteiger partial charge in [-0.15, -0.1) is 0 Å². The Balaban J connectivity index is 3.61. The van der Waals surface area contributed by atoms with Crippen molar-refractivity contribution < 1.29 is 19.4 Å². The van der Waals surface area contributed by atoms with Crippen LogP contribution in [0.25, 0.3) is 0 Å². The maximum atomic E-state index is 12.1. The smallest absolute Gasteiger partial charge is 0.310 e. The standard InChI is InChI=1S/C47H74O4/c1-3-5-7-9-11-13-15-17-19-20-21-22-23-24-25-26-27-29-31-33-35-37-39-41-43-50-45-46(44-48)51-47(49)42-40-38-36-34-32-30-28-18-16-14-12-10-8-6-4-2/h5-8,11-14,17-19,21-22,24-25,28,32,34,38,40,46,48H,3-4,9-10,15-16,20,23,26-27,29-31,33,35-37,39,41-45H2,1-2H3/b7-5-,8-6-,13-11-,14-12-,19-17-,22-21-,25-24-,28-18-,34-32-,40-38-. The predicted octanol–water partition coefficient (Wildman–Crippen LogP) is 13.3. The third-order valence-electron chi connectivity index (χ3n) is 7.81. The van der Waals surface area contributed by atoms with Crippen LogP contribution < -0.4 is 0 Å². The lowest BCUT2D eigenvalue weighted by Crippen LogP contribution is -2.27. The molecule has 0 fully saturated rings. The lowest BCUT2D eigenvalue weighted by molar-refractivity contribution is -0.153. The van der Waals surface area contributed by atoms with Crippen LogP contribution in [0.1, 0.15) is 142 Å². The summed E-state index contributed by atoms with van der Waals surface area (Å²) in [6, 6.07) is 0. The highest BCUT2D eigenvalue weighted by atomic mass is 16.6. The van der Waals surface area contributed by atoms with E-state index < -0.39 is 6.10 Å². The zero-order chi connectivity index (χ0) is 37.0. The quantitative estimate of drug-likeness (QED) is 0.0406. The first-order chi connectivity index (χ1) is 25.2. The molecule has 1 unspecified atom stereocenters. The summed E-state index contributed by atoms with van der Waals surface area (Å²) in [5.41, 5.74) is 0. The van der Waals surface area contributed by atoms with E-state index in [9.17, 15) is 9.90 Å². The number of unbranched alkanes of at least 4 members (excludes halogenated alkanes) is 8. The first kappa shape index (κ1) is 47.8. The summed E-state index contributed by atoms with van der Waals surface area (Å²) in [5.74, 6) is -0.336.